The van der Waals surface area contributed by atoms with Gasteiger partial charge in [0.15, 0.2) is 5.69 Å². The molecule has 2 N–H and O–H groups in total. The Kier molecular flexibility index (Phi) is 2.78. The number of pyridine rings is 1. The molecule has 0 aromatic carbocycles. The lowest BCUT2D eigenvalue weighted by Gasteiger charge is -2.03. The number of nitrogens with zero attached hydrogens (tertiary/aromatic N) is 3. The molecule has 1 amide bonds. The quantitative estimate of drug-likeness (QED) is 0.849. The molecule has 5 nitrogen and oxygen atoms in total. The lowest BCUT2D eigenvalue weighted by Crippen LogP contribution is -2.15. The zero-order chi connectivity index (χ0) is 11.5. The maximum atomic E-state index is 11.1. The average Bonchev–Trinajstić information content (AvgIpc) is 2.30. The van der Waals surface area contributed by atoms with Crippen LogP contribution in [0.15, 0.2) is 30.7 Å². The molecule has 0 bridgehead atoms. The van der Waals surface area contributed by atoms with Crippen LogP contribution in [0.5, 0.6) is 0 Å². The first-order chi connectivity index (χ1) is 7.68. The van der Waals surface area contributed by atoms with Crippen LogP contribution in [0, 0.1) is 0 Å². The van der Waals surface area contributed by atoms with Crippen LogP contribution in [0.2, 0.25) is 5.02 Å². The number of hydrogen-bond donors (Lipinski definition) is 1. The Hall–Kier alpha value is -2.01. The molecule has 2 rings (SSSR count). The minimum Gasteiger partial charge on any atom is -0.364 e. The Balaban J connectivity index is 2.55. The van der Waals surface area contributed by atoms with E-state index >= 15 is 0 Å². The molecule has 0 unspecified atom stereocenters. The van der Waals surface area contributed by atoms with Crippen molar-refractivity contribution in [3.05, 3.63) is 41.4 Å². The second-order valence-corrected chi connectivity index (χ2v) is 3.42. The van der Waals surface area contributed by atoms with Crippen LogP contribution in [0.4, 0.5) is 0 Å². The molecule has 0 radical (unpaired) electrons. The summed E-state index contributed by atoms with van der Waals surface area (Å²) in [5.41, 5.74) is 6.14. The summed E-state index contributed by atoms with van der Waals surface area (Å²) in [6.07, 6.45) is 4.34. The lowest BCUT2D eigenvalue weighted by molar-refractivity contribution is 0.0996. The minimum atomic E-state index is -0.639. The van der Waals surface area contributed by atoms with Gasteiger partial charge in [-0.1, -0.05) is 11.6 Å². The molecule has 0 saturated heterocycles. The van der Waals surface area contributed by atoms with Gasteiger partial charge in [-0.3, -0.25) is 14.8 Å². The van der Waals surface area contributed by atoms with Gasteiger partial charge in [0.2, 0.25) is 0 Å². The van der Waals surface area contributed by atoms with Gasteiger partial charge >= 0.3 is 0 Å². The first-order valence-corrected chi connectivity index (χ1v) is 4.79. The summed E-state index contributed by atoms with van der Waals surface area (Å²) < 4.78 is 0. The second kappa shape index (κ2) is 4.24. The molecular weight excluding hydrogens is 228 g/mol. The SMILES string of the molecule is NC(=O)c1nccnc1-c1ccc(Cl)cn1. The maximum Gasteiger partial charge on any atom is 0.269 e. The smallest absolute Gasteiger partial charge is 0.269 e. The maximum absolute atomic E-state index is 11.1. The fraction of sp³-hybridized carbons (Fsp3) is 0. The van der Waals surface area contributed by atoms with Crippen molar-refractivity contribution >= 4 is 17.5 Å². The van der Waals surface area contributed by atoms with Crippen LogP contribution in [-0.2, 0) is 0 Å². The van der Waals surface area contributed by atoms with Crippen LogP contribution in [0.1, 0.15) is 10.5 Å². The van der Waals surface area contributed by atoms with E-state index in [-0.39, 0.29) is 5.69 Å². The summed E-state index contributed by atoms with van der Waals surface area (Å²) in [6, 6.07) is 3.31. The van der Waals surface area contributed by atoms with Crippen molar-refractivity contribution < 1.29 is 4.79 Å². The third-order valence-corrected chi connectivity index (χ3v) is 2.13. The van der Waals surface area contributed by atoms with Gasteiger partial charge < -0.3 is 5.73 Å². The van der Waals surface area contributed by atoms with E-state index in [1.165, 1.54) is 18.6 Å². The number of halogens is 1. The predicted molar refractivity (Wildman–Crippen MR) is 58.8 cm³/mol. The predicted octanol–water partition coefficient (Wildman–Crippen LogP) is 1.29. The first kappa shape index (κ1) is 10.5. The normalized spacial score (nSPS) is 10.1. The van der Waals surface area contributed by atoms with E-state index < -0.39 is 5.91 Å². The zero-order valence-corrected chi connectivity index (χ0v) is 8.85. The van der Waals surface area contributed by atoms with E-state index in [1.807, 2.05) is 0 Å². The number of amides is 1. The highest BCUT2D eigenvalue weighted by molar-refractivity contribution is 6.30. The Morgan fingerprint density at radius 1 is 1.19 bits per heavy atom. The minimum absolute atomic E-state index is 0.0947. The standard InChI is InChI=1S/C10H7ClN4O/c11-6-1-2-7(15-5-6)8-9(10(12)16)14-4-3-13-8/h1-5H,(H2,12,16). The van der Waals surface area contributed by atoms with Gasteiger partial charge in [0, 0.05) is 18.6 Å². The van der Waals surface area contributed by atoms with Crippen molar-refractivity contribution in [2.75, 3.05) is 0 Å². The number of nitrogens with two attached hydrogens (primary N) is 1. The molecule has 0 saturated carbocycles. The molecule has 16 heavy (non-hydrogen) atoms. The van der Waals surface area contributed by atoms with Crippen LogP contribution < -0.4 is 5.73 Å². The Bertz CT molecular complexity index is 527. The van der Waals surface area contributed by atoms with E-state index in [0.29, 0.717) is 16.4 Å². The monoisotopic (exact) mass is 234 g/mol. The fourth-order valence-corrected chi connectivity index (χ4v) is 1.33. The van der Waals surface area contributed by atoms with E-state index in [2.05, 4.69) is 15.0 Å². The highest BCUT2D eigenvalue weighted by Gasteiger charge is 2.13. The summed E-state index contributed by atoms with van der Waals surface area (Å²) >= 11 is 5.71. The van der Waals surface area contributed by atoms with Gasteiger partial charge in [0.1, 0.15) is 5.69 Å². The van der Waals surface area contributed by atoms with Gasteiger partial charge in [-0.15, -0.1) is 0 Å². The number of carbonyl (C=O) groups excluding carboxylic acids is 1. The van der Waals surface area contributed by atoms with Crippen molar-refractivity contribution in [2.24, 2.45) is 5.73 Å². The third kappa shape index (κ3) is 1.99. The number of primary amides is 1. The second-order valence-electron chi connectivity index (χ2n) is 2.98. The van der Waals surface area contributed by atoms with Crippen molar-refractivity contribution in [3.8, 4) is 11.4 Å². The molecule has 6 heteroatoms. The molecule has 80 valence electrons. The number of aromatic nitrogens is 3. The third-order valence-electron chi connectivity index (χ3n) is 1.90. The number of rotatable bonds is 2. The zero-order valence-electron chi connectivity index (χ0n) is 8.09. The van der Waals surface area contributed by atoms with Crippen molar-refractivity contribution in [3.63, 3.8) is 0 Å². The van der Waals surface area contributed by atoms with Gasteiger partial charge in [0.25, 0.3) is 5.91 Å². The van der Waals surface area contributed by atoms with Crippen molar-refractivity contribution in [1.29, 1.82) is 0 Å². The van der Waals surface area contributed by atoms with Crippen LogP contribution in [-0.4, -0.2) is 20.9 Å². The van der Waals surface area contributed by atoms with Crippen LogP contribution in [0.25, 0.3) is 11.4 Å². The van der Waals surface area contributed by atoms with Gasteiger partial charge in [-0.05, 0) is 12.1 Å². The molecule has 2 aromatic heterocycles. The molecule has 0 fully saturated rings. The fourth-order valence-electron chi connectivity index (χ4n) is 1.22. The van der Waals surface area contributed by atoms with E-state index in [4.69, 9.17) is 17.3 Å². The molecule has 2 heterocycles. The molecule has 0 aliphatic rings. The summed E-state index contributed by atoms with van der Waals surface area (Å²) in [6.45, 7) is 0. The average molecular weight is 235 g/mol. The highest BCUT2D eigenvalue weighted by Crippen LogP contribution is 2.18. The summed E-state index contributed by atoms with van der Waals surface area (Å²) in [4.78, 5) is 23.1. The van der Waals surface area contributed by atoms with E-state index in [1.54, 1.807) is 12.1 Å². The molecule has 0 spiro atoms. The van der Waals surface area contributed by atoms with E-state index in [9.17, 15) is 4.79 Å². The Morgan fingerprint density at radius 3 is 2.56 bits per heavy atom. The van der Waals surface area contributed by atoms with Crippen molar-refractivity contribution in [2.45, 2.75) is 0 Å². The number of carbonyl (C=O) groups is 1. The first-order valence-electron chi connectivity index (χ1n) is 4.41. The molecule has 0 aliphatic heterocycles. The van der Waals surface area contributed by atoms with Crippen LogP contribution >= 0.6 is 11.6 Å². The lowest BCUT2D eigenvalue weighted by atomic mass is 10.2. The van der Waals surface area contributed by atoms with Crippen LogP contribution in [0.3, 0.4) is 0 Å². The van der Waals surface area contributed by atoms with Gasteiger partial charge in [-0.25, -0.2) is 4.98 Å². The summed E-state index contributed by atoms with van der Waals surface area (Å²) in [5, 5.41) is 0.508. The van der Waals surface area contributed by atoms with Crippen molar-refractivity contribution in [1.82, 2.24) is 15.0 Å². The van der Waals surface area contributed by atoms with E-state index in [0.717, 1.165) is 0 Å². The Morgan fingerprint density at radius 2 is 1.94 bits per heavy atom. The summed E-state index contributed by atoms with van der Waals surface area (Å²) in [7, 11) is 0. The van der Waals surface area contributed by atoms with Gasteiger partial charge in [0.05, 0.1) is 10.7 Å². The van der Waals surface area contributed by atoms with Gasteiger partial charge in [-0.2, -0.15) is 0 Å². The molecular formula is C10H7ClN4O. The topological polar surface area (TPSA) is 81.8 Å². The highest BCUT2D eigenvalue weighted by atomic mass is 35.5. The molecule has 0 atom stereocenters. The Labute approximate surface area is 96.3 Å². The summed E-state index contributed by atoms with van der Waals surface area (Å²) in [5.74, 6) is -0.639. The largest absolute Gasteiger partial charge is 0.364 e. The molecule has 2 aromatic rings. The molecule has 0 aliphatic carbocycles. The number of hydrogen-bond acceptors (Lipinski definition) is 4.